The summed E-state index contributed by atoms with van der Waals surface area (Å²) in [6, 6.07) is 13.9. The van der Waals surface area contributed by atoms with Gasteiger partial charge < -0.3 is 4.74 Å². The molecule has 5 nitrogen and oxygen atoms in total. The van der Waals surface area contributed by atoms with Gasteiger partial charge in [0.25, 0.3) is 11.8 Å². The highest BCUT2D eigenvalue weighted by molar-refractivity contribution is 9.10. The van der Waals surface area contributed by atoms with E-state index in [0.717, 1.165) is 0 Å². The second-order valence-corrected chi connectivity index (χ2v) is 6.48. The van der Waals surface area contributed by atoms with Crippen molar-refractivity contribution in [2.24, 2.45) is 0 Å². The molecule has 3 rings (SSSR count). The van der Waals surface area contributed by atoms with Crippen LogP contribution in [0, 0.1) is 0 Å². The molecule has 0 atom stereocenters. The topological polar surface area (TPSA) is 63.7 Å². The molecule has 0 saturated carbocycles. The molecule has 6 heteroatoms. The third kappa shape index (κ3) is 3.64. The number of hydrogen-bond acceptors (Lipinski definition) is 4. The van der Waals surface area contributed by atoms with E-state index in [0.29, 0.717) is 40.5 Å². The number of amides is 2. The number of hydrogen-bond donors (Lipinski definition) is 0. The van der Waals surface area contributed by atoms with Crippen molar-refractivity contribution in [1.82, 2.24) is 4.90 Å². The predicted octanol–water partition coefficient (Wildman–Crippen LogP) is 3.68. The third-order valence-corrected chi connectivity index (χ3v) is 4.67. The number of benzene rings is 2. The Morgan fingerprint density at radius 2 is 1.52 bits per heavy atom. The van der Waals surface area contributed by atoms with Crippen molar-refractivity contribution in [2.45, 2.75) is 12.8 Å². The minimum absolute atomic E-state index is 0.239. The van der Waals surface area contributed by atoms with E-state index in [2.05, 4.69) is 15.9 Å². The number of imide groups is 1. The average molecular weight is 402 g/mol. The van der Waals surface area contributed by atoms with Crippen LogP contribution in [-0.2, 0) is 4.74 Å². The van der Waals surface area contributed by atoms with Gasteiger partial charge in [0.2, 0.25) is 0 Å². The van der Waals surface area contributed by atoms with Crippen LogP contribution < -0.4 is 0 Å². The number of rotatable bonds is 6. The zero-order valence-corrected chi connectivity index (χ0v) is 15.0. The molecule has 2 aromatic carbocycles. The van der Waals surface area contributed by atoms with Gasteiger partial charge >= 0.3 is 5.97 Å². The van der Waals surface area contributed by atoms with Gasteiger partial charge in [-0.15, -0.1) is 0 Å². The lowest BCUT2D eigenvalue weighted by molar-refractivity contribution is 0.0484. The first-order valence-corrected chi connectivity index (χ1v) is 8.76. The quantitative estimate of drug-likeness (QED) is 0.420. The molecule has 25 heavy (non-hydrogen) atoms. The number of esters is 1. The molecule has 0 saturated heterocycles. The Hall–Kier alpha value is -2.47. The fourth-order valence-corrected chi connectivity index (χ4v) is 3.13. The van der Waals surface area contributed by atoms with Gasteiger partial charge in [-0.05, 0) is 53.0 Å². The molecule has 1 aliphatic heterocycles. The van der Waals surface area contributed by atoms with Crippen LogP contribution in [0.1, 0.15) is 43.9 Å². The lowest BCUT2D eigenvalue weighted by Crippen LogP contribution is -2.30. The zero-order valence-electron chi connectivity index (χ0n) is 13.4. The SMILES string of the molecule is O=C(OCCCCN1C(=O)c2ccccc2C1=O)c1ccccc1Br. The molecule has 0 aromatic heterocycles. The van der Waals surface area contributed by atoms with Gasteiger partial charge in [-0.3, -0.25) is 14.5 Å². The minimum atomic E-state index is -0.395. The molecule has 0 unspecified atom stereocenters. The van der Waals surface area contributed by atoms with Gasteiger partial charge in [-0.2, -0.15) is 0 Å². The smallest absolute Gasteiger partial charge is 0.339 e. The van der Waals surface area contributed by atoms with Gasteiger partial charge in [0.05, 0.1) is 23.3 Å². The van der Waals surface area contributed by atoms with Crippen LogP contribution in [0.15, 0.2) is 53.0 Å². The fraction of sp³-hybridized carbons (Fsp3) is 0.211. The van der Waals surface area contributed by atoms with Crippen molar-refractivity contribution in [2.75, 3.05) is 13.2 Å². The predicted molar refractivity (Wildman–Crippen MR) is 95.5 cm³/mol. The summed E-state index contributed by atoms with van der Waals surface area (Å²) in [6.07, 6.45) is 1.15. The standard InChI is InChI=1S/C19H16BrNO4/c20-16-10-4-3-9-15(16)19(24)25-12-6-5-11-21-17(22)13-7-1-2-8-14(13)18(21)23/h1-4,7-10H,5-6,11-12H2. The molecular formula is C19H16BrNO4. The van der Waals surface area contributed by atoms with Gasteiger partial charge in [-0.1, -0.05) is 24.3 Å². The fourth-order valence-electron chi connectivity index (χ4n) is 2.68. The minimum Gasteiger partial charge on any atom is -0.462 e. The summed E-state index contributed by atoms with van der Waals surface area (Å²) in [5.74, 6) is -0.912. The van der Waals surface area contributed by atoms with Crippen LogP contribution in [0.4, 0.5) is 0 Å². The van der Waals surface area contributed by atoms with E-state index in [9.17, 15) is 14.4 Å². The Labute approximate surface area is 153 Å². The van der Waals surface area contributed by atoms with Crippen molar-refractivity contribution in [3.63, 3.8) is 0 Å². The summed E-state index contributed by atoms with van der Waals surface area (Å²) in [6.45, 7) is 0.558. The summed E-state index contributed by atoms with van der Waals surface area (Å²) in [5.41, 5.74) is 1.38. The Balaban J connectivity index is 1.45. The Bertz CT molecular complexity index is 799. The van der Waals surface area contributed by atoms with Gasteiger partial charge in [0.15, 0.2) is 0 Å². The lowest BCUT2D eigenvalue weighted by atomic mass is 10.1. The van der Waals surface area contributed by atoms with E-state index in [4.69, 9.17) is 4.74 Å². The molecule has 128 valence electrons. The maximum Gasteiger partial charge on any atom is 0.339 e. The molecule has 0 spiro atoms. The lowest BCUT2D eigenvalue weighted by Gasteiger charge is -2.13. The van der Waals surface area contributed by atoms with Crippen molar-refractivity contribution in [3.8, 4) is 0 Å². The molecule has 0 N–H and O–H groups in total. The maximum atomic E-state index is 12.2. The molecule has 2 aromatic rings. The van der Waals surface area contributed by atoms with Crippen molar-refractivity contribution < 1.29 is 19.1 Å². The highest BCUT2D eigenvalue weighted by Crippen LogP contribution is 2.22. The summed E-state index contributed by atoms with van der Waals surface area (Å²) >= 11 is 3.31. The molecule has 0 radical (unpaired) electrons. The molecule has 0 bridgehead atoms. The van der Waals surface area contributed by atoms with Crippen LogP contribution in [-0.4, -0.2) is 35.8 Å². The van der Waals surface area contributed by atoms with Crippen LogP contribution in [0.3, 0.4) is 0 Å². The maximum absolute atomic E-state index is 12.2. The first-order valence-electron chi connectivity index (χ1n) is 7.96. The number of unbranched alkanes of at least 4 members (excludes halogenated alkanes) is 1. The van der Waals surface area contributed by atoms with Crippen LogP contribution in [0.5, 0.6) is 0 Å². The zero-order chi connectivity index (χ0) is 17.8. The van der Waals surface area contributed by atoms with E-state index < -0.39 is 5.97 Å². The Morgan fingerprint density at radius 1 is 0.920 bits per heavy atom. The molecule has 1 heterocycles. The summed E-state index contributed by atoms with van der Waals surface area (Å²) < 4.78 is 5.92. The number of nitrogens with zero attached hydrogens (tertiary/aromatic N) is 1. The number of carbonyl (C=O) groups excluding carboxylic acids is 3. The van der Waals surface area contributed by atoms with E-state index in [1.807, 2.05) is 6.07 Å². The van der Waals surface area contributed by atoms with Crippen LogP contribution in [0.25, 0.3) is 0 Å². The number of halogens is 1. The average Bonchev–Trinajstić information content (AvgIpc) is 2.86. The van der Waals surface area contributed by atoms with Gasteiger partial charge in [-0.25, -0.2) is 4.79 Å². The number of carbonyl (C=O) groups is 3. The Morgan fingerprint density at radius 3 is 2.16 bits per heavy atom. The highest BCUT2D eigenvalue weighted by Gasteiger charge is 2.34. The monoisotopic (exact) mass is 401 g/mol. The second kappa shape index (κ2) is 7.61. The highest BCUT2D eigenvalue weighted by atomic mass is 79.9. The molecule has 1 aliphatic rings. The van der Waals surface area contributed by atoms with E-state index in [-0.39, 0.29) is 18.4 Å². The molecule has 2 amide bonds. The van der Waals surface area contributed by atoms with Crippen LogP contribution in [0.2, 0.25) is 0 Å². The molecule has 0 aliphatic carbocycles. The van der Waals surface area contributed by atoms with E-state index in [1.165, 1.54) is 4.90 Å². The van der Waals surface area contributed by atoms with Crippen molar-refractivity contribution in [3.05, 3.63) is 69.7 Å². The van der Waals surface area contributed by atoms with Gasteiger partial charge in [0.1, 0.15) is 0 Å². The third-order valence-electron chi connectivity index (χ3n) is 3.98. The molecular weight excluding hydrogens is 386 g/mol. The molecule has 0 fully saturated rings. The van der Waals surface area contributed by atoms with Crippen LogP contribution >= 0.6 is 15.9 Å². The Kier molecular flexibility index (Phi) is 5.28. The number of ether oxygens (including phenoxy) is 1. The van der Waals surface area contributed by atoms with Crippen molar-refractivity contribution in [1.29, 1.82) is 0 Å². The van der Waals surface area contributed by atoms with Gasteiger partial charge in [0, 0.05) is 11.0 Å². The summed E-state index contributed by atoms with van der Waals surface area (Å²) in [7, 11) is 0. The first-order chi connectivity index (χ1) is 12.1. The first kappa shape index (κ1) is 17.4. The van der Waals surface area contributed by atoms with E-state index in [1.54, 1.807) is 42.5 Å². The number of fused-ring (bicyclic) bond motifs is 1. The second-order valence-electron chi connectivity index (χ2n) is 5.63. The summed E-state index contributed by atoms with van der Waals surface area (Å²) in [4.78, 5) is 37.6. The van der Waals surface area contributed by atoms with E-state index >= 15 is 0 Å². The largest absolute Gasteiger partial charge is 0.462 e. The normalized spacial score (nSPS) is 13.1. The summed E-state index contributed by atoms with van der Waals surface area (Å²) in [5, 5.41) is 0. The van der Waals surface area contributed by atoms with Crippen molar-refractivity contribution >= 4 is 33.7 Å².